The number of anilines is 1. The highest BCUT2D eigenvalue weighted by Gasteiger charge is 2.43. The maximum absolute atomic E-state index is 12.6. The summed E-state index contributed by atoms with van der Waals surface area (Å²) in [5, 5.41) is 0. The van der Waals surface area contributed by atoms with Crippen molar-refractivity contribution in [2.45, 2.75) is 31.2 Å². The topological polar surface area (TPSA) is 66.6 Å². The van der Waals surface area contributed by atoms with Gasteiger partial charge >= 0.3 is 0 Å². The molecule has 1 fully saturated rings. The normalized spacial score (nSPS) is 17.5. The lowest BCUT2D eigenvalue weighted by molar-refractivity contribution is 0.0642. The molecule has 0 aromatic heterocycles. The summed E-state index contributed by atoms with van der Waals surface area (Å²) < 4.78 is 0. The number of fused-ring (bicyclic) bond motifs is 1. The predicted molar refractivity (Wildman–Crippen MR) is 106 cm³/mol. The number of imide groups is 1. The van der Waals surface area contributed by atoms with Gasteiger partial charge in [-0.05, 0) is 68.6 Å². The fourth-order valence-corrected chi connectivity index (χ4v) is 3.92. The van der Waals surface area contributed by atoms with Gasteiger partial charge in [0.1, 0.15) is 0 Å². The second-order valence-electron chi connectivity index (χ2n) is 8.00. The molecule has 2 aromatic rings. The second-order valence-corrected chi connectivity index (χ2v) is 8.00. The van der Waals surface area contributed by atoms with E-state index in [1.807, 2.05) is 12.1 Å². The van der Waals surface area contributed by atoms with Gasteiger partial charge in [-0.2, -0.15) is 0 Å². The van der Waals surface area contributed by atoms with Gasteiger partial charge in [-0.3, -0.25) is 14.5 Å². The summed E-state index contributed by atoms with van der Waals surface area (Å²) in [5.41, 5.74) is 9.62. The van der Waals surface area contributed by atoms with Crippen LogP contribution in [0.4, 0.5) is 5.69 Å². The Morgan fingerprint density at radius 2 is 1.74 bits per heavy atom. The lowest BCUT2D eigenvalue weighted by Crippen LogP contribution is -2.29. The van der Waals surface area contributed by atoms with Crippen LogP contribution in [-0.2, 0) is 12.0 Å². The third kappa shape index (κ3) is 3.12. The number of carbonyl (C=O) groups is 2. The first-order valence-electron chi connectivity index (χ1n) is 9.40. The Hall–Kier alpha value is -2.66. The Labute approximate surface area is 159 Å². The highest BCUT2D eigenvalue weighted by atomic mass is 16.2. The van der Waals surface area contributed by atoms with Gasteiger partial charge in [0.15, 0.2) is 0 Å². The Morgan fingerprint density at radius 1 is 1.04 bits per heavy atom. The van der Waals surface area contributed by atoms with E-state index in [0.717, 1.165) is 18.5 Å². The first-order chi connectivity index (χ1) is 12.9. The van der Waals surface area contributed by atoms with Gasteiger partial charge in [0.25, 0.3) is 11.8 Å². The van der Waals surface area contributed by atoms with Crippen LogP contribution in [0.2, 0.25) is 0 Å². The maximum Gasteiger partial charge on any atom is 0.263 e. The van der Waals surface area contributed by atoms with Crippen molar-refractivity contribution in [2.75, 3.05) is 26.4 Å². The largest absolute Gasteiger partial charge is 0.398 e. The lowest BCUT2D eigenvalue weighted by Gasteiger charge is -2.19. The molecule has 0 unspecified atom stereocenters. The van der Waals surface area contributed by atoms with E-state index in [9.17, 15) is 9.59 Å². The van der Waals surface area contributed by atoms with Crippen LogP contribution < -0.4 is 5.73 Å². The number of nitrogens with zero attached hydrogens (tertiary/aromatic N) is 2. The van der Waals surface area contributed by atoms with Crippen LogP contribution in [0.5, 0.6) is 0 Å². The molecule has 5 heteroatoms. The number of amides is 2. The van der Waals surface area contributed by atoms with E-state index in [1.165, 1.54) is 23.3 Å². The van der Waals surface area contributed by atoms with Gasteiger partial charge < -0.3 is 10.6 Å². The van der Waals surface area contributed by atoms with Crippen LogP contribution in [0.15, 0.2) is 42.5 Å². The zero-order valence-corrected chi connectivity index (χ0v) is 15.9. The van der Waals surface area contributed by atoms with E-state index >= 15 is 0 Å². The molecule has 4 rings (SSSR count). The quantitative estimate of drug-likeness (QED) is 0.633. The molecule has 5 nitrogen and oxygen atoms in total. The third-order valence-electron chi connectivity index (χ3n) is 5.83. The number of rotatable bonds is 6. The number of benzene rings is 2. The molecule has 140 valence electrons. The predicted octanol–water partition coefficient (Wildman–Crippen LogP) is 3.05. The Balaban J connectivity index is 1.49. The van der Waals surface area contributed by atoms with Crippen molar-refractivity contribution in [3.63, 3.8) is 0 Å². The molecule has 0 bridgehead atoms. The molecule has 1 aliphatic carbocycles. The molecule has 2 aromatic carbocycles. The van der Waals surface area contributed by atoms with Crippen LogP contribution in [0.3, 0.4) is 0 Å². The maximum atomic E-state index is 12.6. The fraction of sp³-hybridized carbons (Fsp3) is 0.364. The summed E-state index contributed by atoms with van der Waals surface area (Å²) in [5.74, 6) is -0.571. The molecule has 2 N–H and O–H groups in total. The molecule has 0 atom stereocenters. The Kier molecular flexibility index (Phi) is 4.27. The van der Waals surface area contributed by atoms with E-state index in [1.54, 1.807) is 18.2 Å². The number of hydrogen-bond donors (Lipinski definition) is 1. The molecule has 0 spiro atoms. The second kappa shape index (κ2) is 6.50. The number of hydrogen-bond acceptors (Lipinski definition) is 4. The first-order valence-corrected chi connectivity index (χ1v) is 9.40. The average molecular weight is 363 g/mol. The zero-order valence-electron chi connectivity index (χ0n) is 15.9. The molecule has 1 saturated carbocycles. The molecule has 0 radical (unpaired) electrons. The highest BCUT2D eigenvalue weighted by molar-refractivity contribution is 6.23. The van der Waals surface area contributed by atoms with Crippen molar-refractivity contribution in [3.8, 4) is 0 Å². The monoisotopic (exact) mass is 363 g/mol. The van der Waals surface area contributed by atoms with Crippen molar-refractivity contribution in [2.24, 2.45) is 0 Å². The third-order valence-corrected chi connectivity index (χ3v) is 5.83. The highest BCUT2D eigenvalue weighted by Crippen LogP contribution is 2.51. The van der Waals surface area contributed by atoms with Gasteiger partial charge in [0.05, 0.1) is 17.7 Å². The molecule has 27 heavy (non-hydrogen) atoms. The van der Waals surface area contributed by atoms with Gasteiger partial charge in [-0.1, -0.05) is 30.3 Å². The molecule has 0 saturated heterocycles. The SMILES string of the molecule is CN(C)CCC1(c2ccc(CN3C(=O)c4cccc(N)c4C3=O)cc2)CC1. The molecule has 2 aliphatic rings. The fourth-order valence-electron chi connectivity index (χ4n) is 3.92. The van der Waals surface area contributed by atoms with Crippen LogP contribution in [0.25, 0.3) is 0 Å². The minimum Gasteiger partial charge on any atom is -0.398 e. The molecule has 1 heterocycles. The summed E-state index contributed by atoms with van der Waals surface area (Å²) in [6.07, 6.45) is 3.63. The van der Waals surface area contributed by atoms with E-state index in [2.05, 4.69) is 31.1 Å². The van der Waals surface area contributed by atoms with Crippen LogP contribution >= 0.6 is 0 Å². The number of nitrogens with two attached hydrogens (primary N) is 1. The van der Waals surface area contributed by atoms with E-state index < -0.39 is 0 Å². The average Bonchev–Trinajstić information content (AvgIpc) is 3.40. The summed E-state index contributed by atoms with van der Waals surface area (Å²) in [6, 6.07) is 13.4. The Bertz CT molecular complexity index is 898. The van der Waals surface area contributed by atoms with Gasteiger partial charge in [-0.25, -0.2) is 0 Å². The first kappa shape index (κ1) is 17.7. The number of carbonyl (C=O) groups excluding carboxylic acids is 2. The smallest absolute Gasteiger partial charge is 0.263 e. The molecular weight excluding hydrogens is 338 g/mol. The molecule has 2 amide bonds. The number of nitrogen functional groups attached to an aromatic ring is 1. The van der Waals surface area contributed by atoms with E-state index in [4.69, 9.17) is 5.73 Å². The van der Waals surface area contributed by atoms with Crippen LogP contribution in [0.1, 0.15) is 51.1 Å². The van der Waals surface area contributed by atoms with Crippen LogP contribution in [-0.4, -0.2) is 42.3 Å². The van der Waals surface area contributed by atoms with Crippen molar-refractivity contribution in [1.82, 2.24) is 9.80 Å². The van der Waals surface area contributed by atoms with Crippen molar-refractivity contribution in [1.29, 1.82) is 0 Å². The van der Waals surface area contributed by atoms with Gasteiger partial charge in [-0.15, -0.1) is 0 Å². The summed E-state index contributed by atoms with van der Waals surface area (Å²) in [6.45, 7) is 1.36. The standard InChI is InChI=1S/C22H25N3O2/c1-24(2)13-12-22(10-11-22)16-8-6-15(7-9-16)14-25-20(26)17-4-3-5-18(23)19(17)21(25)27/h3-9H,10-14,23H2,1-2H3. The zero-order chi connectivity index (χ0) is 19.2. The van der Waals surface area contributed by atoms with E-state index in [0.29, 0.717) is 22.2 Å². The molecule has 1 aliphatic heterocycles. The summed E-state index contributed by atoms with van der Waals surface area (Å²) >= 11 is 0. The minimum atomic E-state index is -0.304. The lowest BCUT2D eigenvalue weighted by atomic mass is 9.91. The van der Waals surface area contributed by atoms with Gasteiger partial charge in [0, 0.05) is 5.69 Å². The summed E-state index contributed by atoms with van der Waals surface area (Å²) in [4.78, 5) is 28.7. The van der Waals surface area contributed by atoms with E-state index in [-0.39, 0.29) is 18.4 Å². The minimum absolute atomic E-state index is 0.268. The van der Waals surface area contributed by atoms with Crippen molar-refractivity contribution < 1.29 is 9.59 Å². The molecular formula is C22H25N3O2. The van der Waals surface area contributed by atoms with Crippen molar-refractivity contribution >= 4 is 17.5 Å². The van der Waals surface area contributed by atoms with Crippen LogP contribution in [0, 0.1) is 0 Å². The van der Waals surface area contributed by atoms with Crippen molar-refractivity contribution in [3.05, 3.63) is 64.7 Å². The van der Waals surface area contributed by atoms with Gasteiger partial charge in [0.2, 0.25) is 0 Å². The summed E-state index contributed by atoms with van der Waals surface area (Å²) in [7, 11) is 4.21. The Morgan fingerprint density at radius 3 is 2.33 bits per heavy atom.